The summed E-state index contributed by atoms with van der Waals surface area (Å²) in [6, 6.07) is 6.00. The maximum absolute atomic E-state index is 12.6. The zero-order valence-electron chi connectivity index (χ0n) is 16.8. The van der Waals surface area contributed by atoms with E-state index in [1.165, 1.54) is 0 Å². The molecule has 3 heterocycles. The number of thiophene rings is 1. The van der Waals surface area contributed by atoms with Gasteiger partial charge in [0.1, 0.15) is 0 Å². The van der Waals surface area contributed by atoms with Crippen LogP contribution in [0.5, 0.6) is 0 Å². The van der Waals surface area contributed by atoms with Crippen molar-refractivity contribution in [3.05, 3.63) is 35.5 Å². The molecule has 1 saturated carbocycles. The van der Waals surface area contributed by atoms with Crippen molar-refractivity contribution in [2.45, 2.75) is 45.3 Å². The molecule has 0 aliphatic heterocycles. The molecule has 0 aromatic carbocycles. The van der Waals surface area contributed by atoms with Gasteiger partial charge in [0.05, 0.1) is 40.7 Å². The molecule has 1 fully saturated rings. The van der Waals surface area contributed by atoms with Crippen molar-refractivity contribution in [1.29, 1.82) is 0 Å². The summed E-state index contributed by atoms with van der Waals surface area (Å²) in [6.45, 7) is 3.02. The van der Waals surface area contributed by atoms with E-state index < -0.39 is 0 Å². The van der Waals surface area contributed by atoms with Gasteiger partial charge in [-0.1, -0.05) is 17.6 Å². The quantitative estimate of drug-likeness (QED) is 0.634. The highest BCUT2D eigenvalue weighted by Gasteiger charge is 2.27. The SMILES string of the molecule is COC1CCCC(C(=O)NCCn2ncc(-c3cc(C)no3)c2-c2cccs2)C1. The minimum absolute atomic E-state index is 0.0378. The van der Waals surface area contributed by atoms with E-state index in [9.17, 15) is 4.79 Å². The normalized spacial score (nSPS) is 19.4. The zero-order chi connectivity index (χ0) is 20.2. The van der Waals surface area contributed by atoms with Gasteiger partial charge in [-0.2, -0.15) is 5.10 Å². The van der Waals surface area contributed by atoms with Crippen LogP contribution in [-0.2, 0) is 16.1 Å². The Hall–Kier alpha value is -2.45. The van der Waals surface area contributed by atoms with Gasteiger partial charge in [0.2, 0.25) is 5.91 Å². The predicted octanol–water partition coefficient (Wildman–Crippen LogP) is 3.90. The number of methoxy groups -OCH3 is 1. The molecule has 154 valence electrons. The van der Waals surface area contributed by atoms with Crippen LogP contribution in [-0.4, -0.2) is 40.6 Å². The molecule has 29 heavy (non-hydrogen) atoms. The van der Waals surface area contributed by atoms with Crippen molar-refractivity contribution in [2.75, 3.05) is 13.7 Å². The third-order valence-electron chi connectivity index (χ3n) is 5.44. The first-order valence-electron chi connectivity index (χ1n) is 9.99. The number of hydrogen-bond acceptors (Lipinski definition) is 6. The molecular weight excluding hydrogens is 388 g/mol. The van der Waals surface area contributed by atoms with Crippen LogP contribution in [0.1, 0.15) is 31.4 Å². The van der Waals surface area contributed by atoms with Gasteiger partial charge in [0.15, 0.2) is 5.76 Å². The number of carbonyl (C=O) groups is 1. The van der Waals surface area contributed by atoms with E-state index >= 15 is 0 Å². The van der Waals surface area contributed by atoms with E-state index in [1.807, 2.05) is 29.1 Å². The second kappa shape index (κ2) is 8.92. The highest BCUT2D eigenvalue weighted by atomic mass is 32.1. The number of rotatable bonds is 7. The Bertz CT molecular complexity index is 947. The molecule has 1 aliphatic carbocycles. The highest BCUT2D eigenvalue weighted by Crippen LogP contribution is 2.35. The van der Waals surface area contributed by atoms with Crippen molar-refractivity contribution in [1.82, 2.24) is 20.3 Å². The van der Waals surface area contributed by atoms with E-state index in [2.05, 4.69) is 21.6 Å². The second-order valence-corrected chi connectivity index (χ2v) is 8.40. The fraction of sp³-hybridized carbons (Fsp3) is 0.476. The molecule has 2 unspecified atom stereocenters. The summed E-state index contributed by atoms with van der Waals surface area (Å²) in [5.74, 6) is 0.854. The predicted molar refractivity (Wildman–Crippen MR) is 112 cm³/mol. The first kappa shape index (κ1) is 19.8. The number of ether oxygens (including phenoxy) is 1. The molecule has 8 heteroatoms. The van der Waals surface area contributed by atoms with Crippen molar-refractivity contribution in [3.63, 3.8) is 0 Å². The molecule has 7 nitrogen and oxygen atoms in total. The van der Waals surface area contributed by atoms with E-state index in [0.717, 1.165) is 47.5 Å². The largest absolute Gasteiger partial charge is 0.381 e. The molecular formula is C21H26N4O3S. The average molecular weight is 415 g/mol. The van der Waals surface area contributed by atoms with Crippen LogP contribution in [0.2, 0.25) is 0 Å². The number of nitrogens with one attached hydrogen (secondary N) is 1. The summed E-state index contributed by atoms with van der Waals surface area (Å²) in [5, 5.41) is 13.7. The van der Waals surface area contributed by atoms with Crippen LogP contribution in [0.4, 0.5) is 0 Å². The summed E-state index contributed by atoms with van der Waals surface area (Å²) >= 11 is 1.65. The molecule has 3 aromatic heterocycles. The Balaban J connectivity index is 1.45. The maximum atomic E-state index is 12.6. The summed E-state index contributed by atoms with van der Waals surface area (Å²) in [6.07, 6.45) is 5.83. The maximum Gasteiger partial charge on any atom is 0.223 e. The van der Waals surface area contributed by atoms with Crippen molar-refractivity contribution >= 4 is 17.2 Å². The number of amides is 1. The van der Waals surface area contributed by atoms with Gasteiger partial charge in [-0.05, 0) is 37.6 Å². The molecule has 1 N–H and O–H groups in total. The Morgan fingerprint density at radius 3 is 3.07 bits per heavy atom. The fourth-order valence-corrected chi connectivity index (χ4v) is 4.71. The third-order valence-corrected chi connectivity index (χ3v) is 6.32. The summed E-state index contributed by atoms with van der Waals surface area (Å²) in [5.41, 5.74) is 2.73. The molecule has 0 saturated heterocycles. The van der Waals surface area contributed by atoms with Crippen molar-refractivity contribution in [2.24, 2.45) is 5.92 Å². The summed E-state index contributed by atoms with van der Waals surface area (Å²) in [7, 11) is 1.72. The van der Waals surface area contributed by atoms with Gasteiger partial charge in [0, 0.05) is 25.6 Å². The lowest BCUT2D eigenvalue weighted by Gasteiger charge is -2.27. The minimum Gasteiger partial charge on any atom is -0.381 e. The smallest absolute Gasteiger partial charge is 0.223 e. The first-order valence-corrected chi connectivity index (χ1v) is 10.9. The van der Waals surface area contributed by atoms with E-state index in [0.29, 0.717) is 18.8 Å². The lowest BCUT2D eigenvalue weighted by molar-refractivity contribution is -0.127. The van der Waals surface area contributed by atoms with Crippen molar-refractivity contribution in [3.8, 4) is 21.9 Å². The molecule has 0 bridgehead atoms. The van der Waals surface area contributed by atoms with Crippen molar-refractivity contribution < 1.29 is 14.1 Å². The van der Waals surface area contributed by atoms with Gasteiger partial charge in [-0.15, -0.1) is 11.3 Å². The van der Waals surface area contributed by atoms with Gasteiger partial charge >= 0.3 is 0 Å². The number of aryl methyl sites for hydroxylation is 1. The first-order chi connectivity index (χ1) is 14.2. The Morgan fingerprint density at radius 2 is 2.34 bits per heavy atom. The Labute approximate surface area is 174 Å². The third kappa shape index (κ3) is 4.43. The van der Waals surface area contributed by atoms with E-state index in [-0.39, 0.29) is 17.9 Å². The van der Waals surface area contributed by atoms with Gasteiger partial charge < -0.3 is 14.6 Å². The monoisotopic (exact) mass is 414 g/mol. The van der Waals surface area contributed by atoms with Gasteiger partial charge in [-0.25, -0.2) is 0 Å². The van der Waals surface area contributed by atoms with Crippen LogP contribution in [0.15, 0.2) is 34.3 Å². The lowest BCUT2D eigenvalue weighted by Crippen LogP contribution is -2.37. The minimum atomic E-state index is 0.0378. The van der Waals surface area contributed by atoms with Crippen LogP contribution >= 0.6 is 11.3 Å². The molecule has 2 atom stereocenters. The topological polar surface area (TPSA) is 82.2 Å². The number of nitrogens with zero attached hydrogens (tertiary/aromatic N) is 3. The van der Waals surface area contributed by atoms with Crippen LogP contribution < -0.4 is 5.32 Å². The van der Waals surface area contributed by atoms with Gasteiger partial charge in [-0.3, -0.25) is 9.48 Å². The average Bonchev–Trinajstić information content (AvgIpc) is 3.48. The highest BCUT2D eigenvalue weighted by molar-refractivity contribution is 7.13. The van der Waals surface area contributed by atoms with Crippen LogP contribution in [0.25, 0.3) is 21.9 Å². The van der Waals surface area contributed by atoms with E-state index in [4.69, 9.17) is 9.26 Å². The number of aromatic nitrogens is 3. The lowest BCUT2D eigenvalue weighted by atomic mass is 9.86. The molecule has 4 rings (SSSR count). The Morgan fingerprint density at radius 1 is 1.45 bits per heavy atom. The zero-order valence-corrected chi connectivity index (χ0v) is 17.6. The molecule has 1 amide bonds. The molecule has 0 radical (unpaired) electrons. The number of carbonyl (C=O) groups excluding carboxylic acids is 1. The molecule has 1 aliphatic rings. The van der Waals surface area contributed by atoms with Crippen LogP contribution in [0, 0.1) is 12.8 Å². The fourth-order valence-electron chi connectivity index (χ4n) is 3.93. The second-order valence-electron chi connectivity index (χ2n) is 7.45. The molecule has 3 aromatic rings. The number of hydrogen-bond donors (Lipinski definition) is 1. The summed E-state index contributed by atoms with van der Waals surface area (Å²) in [4.78, 5) is 13.7. The summed E-state index contributed by atoms with van der Waals surface area (Å²) < 4.78 is 12.8. The Kier molecular flexibility index (Phi) is 6.10. The standard InChI is InChI=1S/C21H26N4O3S/c1-14-11-18(28-24-14)17-13-23-25(20(17)19-7-4-10-29-19)9-8-22-21(26)15-5-3-6-16(12-15)27-2/h4,7,10-11,13,15-16H,3,5-6,8-9,12H2,1-2H3,(H,22,26). The van der Waals surface area contributed by atoms with E-state index in [1.54, 1.807) is 24.6 Å². The molecule has 0 spiro atoms. The van der Waals surface area contributed by atoms with Gasteiger partial charge in [0.25, 0.3) is 0 Å². The van der Waals surface area contributed by atoms with Crippen LogP contribution in [0.3, 0.4) is 0 Å².